The van der Waals surface area contributed by atoms with Crippen molar-refractivity contribution in [2.24, 2.45) is 5.92 Å². The van der Waals surface area contributed by atoms with Crippen LogP contribution < -0.4 is 4.74 Å². The molecular formula is C25H26FNO2. The highest BCUT2D eigenvalue weighted by atomic mass is 19.1. The van der Waals surface area contributed by atoms with Crippen molar-refractivity contribution in [2.45, 2.75) is 27.0 Å². The van der Waals surface area contributed by atoms with Crippen LogP contribution in [-0.2, 0) is 13.2 Å². The molecule has 150 valence electrons. The minimum absolute atomic E-state index is 0.102. The summed E-state index contributed by atoms with van der Waals surface area (Å²) in [5.41, 5.74) is 2.58. The third kappa shape index (κ3) is 6.18. The fourth-order valence-corrected chi connectivity index (χ4v) is 3.13. The first-order valence-corrected chi connectivity index (χ1v) is 9.82. The number of hydrogen-bond acceptors (Lipinski definition) is 2. The van der Waals surface area contributed by atoms with Gasteiger partial charge in [-0.25, -0.2) is 4.39 Å². The zero-order valence-electron chi connectivity index (χ0n) is 16.8. The van der Waals surface area contributed by atoms with Gasteiger partial charge in [0.2, 0.25) is 0 Å². The number of halogens is 1. The molecule has 0 spiro atoms. The topological polar surface area (TPSA) is 29.5 Å². The smallest absolute Gasteiger partial charge is 0.254 e. The lowest BCUT2D eigenvalue weighted by atomic mass is 10.1. The van der Waals surface area contributed by atoms with Crippen LogP contribution >= 0.6 is 0 Å². The van der Waals surface area contributed by atoms with E-state index in [0.717, 1.165) is 16.9 Å². The zero-order valence-corrected chi connectivity index (χ0v) is 16.8. The fraction of sp³-hybridized carbons (Fsp3) is 0.240. The molecule has 0 heterocycles. The summed E-state index contributed by atoms with van der Waals surface area (Å²) in [6, 6.07) is 23.5. The number of hydrogen-bond donors (Lipinski definition) is 0. The van der Waals surface area contributed by atoms with Crippen LogP contribution in [0.5, 0.6) is 5.75 Å². The maximum Gasteiger partial charge on any atom is 0.254 e. The second-order valence-corrected chi connectivity index (χ2v) is 7.51. The van der Waals surface area contributed by atoms with Crippen molar-refractivity contribution in [3.8, 4) is 5.75 Å². The number of benzene rings is 3. The lowest BCUT2D eigenvalue weighted by Crippen LogP contribution is -2.33. The molecule has 1 amide bonds. The molecular weight excluding hydrogens is 365 g/mol. The zero-order chi connectivity index (χ0) is 20.6. The summed E-state index contributed by atoms with van der Waals surface area (Å²) < 4.78 is 19.1. The Morgan fingerprint density at radius 3 is 2.31 bits per heavy atom. The first kappa shape index (κ1) is 20.6. The van der Waals surface area contributed by atoms with E-state index in [1.54, 1.807) is 4.90 Å². The molecule has 0 aliphatic heterocycles. The van der Waals surface area contributed by atoms with Gasteiger partial charge in [0, 0.05) is 18.7 Å². The van der Waals surface area contributed by atoms with Gasteiger partial charge in [0.25, 0.3) is 5.91 Å². The van der Waals surface area contributed by atoms with E-state index in [9.17, 15) is 9.18 Å². The van der Waals surface area contributed by atoms with Crippen LogP contribution in [0.2, 0.25) is 0 Å². The largest absolute Gasteiger partial charge is 0.489 e. The first-order chi connectivity index (χ1) is 14.0. The predicted molar refractivity (Wildman–Crippen MR) is 113 cm³/mol. The summed E-state index contributed by atoms with van der Waals surface area (Å²) >= 11 is 0. The Morgan fingerprint density at radius 1 is 0.931 bits per heavy atom. The van der Waals surface area contributed by atoms with Gasteiger partial charge in [-0.05, 0) is 53.4 Å². The Balaban J connectivity index is 1.71. The molecule has 3 nitrogen and oxygen atoms in total. The third-order valence-electron chi connectivity index (χ3n) is 4.48. The van der Waals surface area contributed by atoms with Gasteiger partial charge in [0.15, 0.2) is 0 Å². The average Bonchev–Trinajstić information content (AvgIpc) is 2.72. The van der Waals surface area contributed by atoms with Crippen molar-refractivity contribution in [3.63, 3.8) is 0 Å². The van der Waals surface area contributed by atoms with Crippen LogP contribution in [0.3, 0.4) is 0 Å². The molecule has 4 heteroatoms. The van der Waals surface area contributed by atoms with E-state index in [0.29, 0.717) is 31.2 Å². The highest BCUT2D eigenvalue weighted by Gasteiger charge is 2.17. The van der Waals surface area contributed by atoms with Gasteiger partial charge in [-0.15, -0.1) is 0 Å². The van der Waals surface area contributed by atoms with Gasteiger partial charge < -0.3 is 9.64 Å². The van der Waals surface area contributed by atoms with Crippen molar-refractivity contribution < 1.29 is 13.9 Å². The van der Waals surface area contributed by atoms with Crippen molar-refractivity contribution in [3.05, 3.63) is 101 Å². The quantitative estimate of drug-likeness (QED) is 0.493. The van der Waals surface area contributed by atoms with E-state index in [1.165, 1.54) is 24.3 Å². The van der Waals surface area contributed by atoms with Gasteiger partial charge >= 0.3 is 0 Å². The van der Waals surface area contributed by atoms with Crippen LogP contribution in [0.1, 0.15) is 35.3 Å². The Kier molecular flexibility index (Phi) is 7.01. The van der Waals surface area contributed by atoms with E-state index >= 15 is 0 Å². The van der Waals surface area contributed by atoms with Crippen LogP contribution in [0.15, 0.2) is 78.9 Å². The van der Waals surface area contributed by atoms with E-state index in [-0.39, 0.29) is 11.7 Å². The van der Waals surface area contributed by atoms with Gasteiger partial charge in [-0.1, -0.05) is 56.3 Å². The van der Waals surface area contributed by atoms with Gasteiger partial charge in [-0.3, -0.25) is 4.79 Å². The molecule has 0 saturated heterocycles. The number of ether oxygens (including phenoxy) is 1. The van der Waals surface area contributed by atoms with Crippen molar-refractivity contribution >= 4 is 5.91 Å². The van der Waals surface area contributed by atoms with Gasteiger partial charge in [-0.2, -0.15) is 0 Å². The highest BCUT2D eigenvalue weighted by molar-refractivity contribution is 5.94. The molecule has 0 aliphatic rings. The Hall–Kier alpha value is -3.14. The number of carbonyl (C=O) groups is 1. The molecule has 0 radical (unpaired) electrons. The van der Waals surface area contributed by atoms with E-state index in [2.05, 4.69) is 13.8 Å². The monoisotopic (exact) mass is 391 g/mol. The first-order valence-electron chi connectivity index (χ1n) is 9.82. The van der Waals surface area contributed by atoms with Crippen LogP contribution in [0.4, 0.5) is 4.39 Å². The summed E-state index contributed by atoms with van der Waals surface area (Å²) in [5, 5.41) is 0. The molecule has 3 aromatic rings. The fourth-order valence-electron chi connectivity index (χ4n) is 3.13. The SMILES string of the molecule is CC(C)CN(Cc1cccc(OCc2ccccc2)c1)C(=O)c1ccc(F)cc1. The maximum absolute atomic E-state index is 13.2. The number of rotatable bonds is 8. The Morgan fingerprint density at radius 2 is 1.62 bits per heavy atom. The molecule has 0 aliphatic carbocycles. The Bertz CT molecular complexity index is 923. The van der Waals surface area contributed by atoms with Crippen molar-refractivity contribution in [1.29, 1.82) is 0 Å². The lowest BCUT2D eigenvalue weighted by molar-refractivity contribution is 0.0722. The lowest BCUT2D eigenvalue weighted by Gasteiger charge is -2.25. The molecule has 0 unspecified atom stereocenters. The van der Waals surface area contributed by atoms with Crippen LogP contribution in [-0.4, -0.2) is 17.4 Å². The molecule has 3 rings (SSSR count). The summed E-state index contributed by atoms with van der Waals surface area (Å²) in [7, 11) is 0. The minimum atomic E-state index is -0.347. The van der Waals surface area contributed by atoms with Crippen LogP contribution in [0, 0.1) is 11.7 Å². The summed E-state index contributed by atoms with van der Waals surface area (Å²) in [5.74, 6) is 0.636. The molecule has 3 aromatic carbocycles. The molecule has 0 saturated carbocycles. The predicted octanol–water partition coefficient (Wildman–Crippen LogP) is 5.70. The molecule has 0 aromatic heterocycles. The minimum Gasteiger partial charge on any atom is -0.489 e. The summed E-state index contributed by atoms with van der Waals surface area (Å²) in [6.07, 6.45) is 0. The number of carbonyl (C=O) groups excluding carboxylic acids is 1. The highest BCUT2D eigenvalue weighted by Crippen LogP contribution is 2.19. The van der Waals surface area contributed by atoms with Crippen molar-refractivity contribution in [2.75, 3.05) is 6.54 Å². The molecule has 0 atom stereocenters. The molecule has 0 bridgehead atoms. The van der Waals surface area contributed by atoms with E-state index < -0.39 is 0 Å². The summed E-state index contributed by atoms with van der Waals surface area (Å²) in [4.78, 5) is 14.8. The number of amides is 1. The van der Waals surface area contributed by atoms with Gasteiger partial charge in [0.1, 0.15) is 18.2 Å². The maximum atomic E-state index is 13.2. The second-order valence-electron chi connectivity index (χ2n) is 7.51. The number of nitrogens with zero attached hydrogens (tertiary/aromatic N) is 1. The molecule has 0 fully saturated rings. The van der Waals surface area contributed by atoms with E-state index in [1.807, 2.05) is 54.6 Å². The molecule has 29 heavy (non-hydrogen) atoms. The average molecular weight is 391 g/mol. The Labute approximate surface area is 171 Å². The normalized spacial score (nSPS) is 10.8. The standard InChI is InChI=1S/C25H26FNO2/c1-19(2)16-27(25(28)22-11-13-23(26)14-12-22)17-21-9-6-10-24(15-21)29-18-20-7-4-3-5-8-20/h3-15,19H,16-18H2,1-2H3. The summed E-state index contributed by atoms with van der Waals surface area (Å²) in [6.45, 7) is 5.73. The third-order valence-corrected chi connectivity index (χ3v) is 4.48. The second kappa shape index (κ2) is 9.87. The van der Waals surface area contributed by atoms with Crippen molar-refractivity contribution in [1.82, 2.24) is 4.90 Å². The molecule has 0 N–H and O–H groups in total. The van der Waals surface area contributed by atoms with Crippen LogP contribution in [0.25, 0.3) is 0 Å². The van der Waals surface area contributed by atoms with Gasteiger partial charge in [0.05, 0.1) is 0 Å². The van der Waals surface area contributed by atoms with E-state index in [4.69, 9.17) is 4.74 Å².